The summed E-state index contributed by atoms with van der Waals surface area (Å²) in [7, 11) is 0. The van der Waals surface area contributed by atoms with E-state index in [0.29, 0.717) is 6.10 Å². The van der Waals surface area contributed by atoms with Gasteiger partial charge in [-0.3, -0.25) is 4.79 Å². The van der Waals surface area contributed by atoms with E-state index < -0.39 is 12.0 Å². The van der Waals surface area contributed by atoms with E-state index in [1.54, 1.807) is 0 Å². The Morgan fingerprint density at radius 3 is 2.58 bits per heavy atom. The van der Waals surface area contributed by atoms with Gasteiger partial charge in [0.05, 0.1) is 6.42 Å². The van der Waals surface area contributed by atoms with Crippen molar-refractivity contribution in [2.45, 2.75) is 31.4 Å². The minimum absolute atomic E-state index is 0.0555. The molecule has 1 heterocycles. The maximum atomic E-state index is 10.6. The molecule has 2 rings (SSSR count). The number of carboxylic acid groups (broad SMARTS) is 1. The summed E-state index contributed by atoms with van der Waals surface area (Å²) in [5.41, 5.74) is 6.63. The molecular weight excluding hydrogens is 262 g/mol. The van der Waals surface area contributed by atoms with Crippen LogP contribution in [0.4, 0.5) is 0 Å². The minimum atomic E-state index is -0.882. The fraction of sp³-hybridized carbons (Fsp3) is 0.500. The summed E-state index contributed by atoms with van der Waals surface area (Å²) >= 11 is 1.97. The number of hydrogen-bond acceptors (Lipinski definition) is 4. The number of hydrogen-bond donors (Lipinski definition) is 2. The molecule has 0 amide bonds. The van der Waals surface area contributed by atoms with Gasteiger partial charge < -0.3 is 15.6 Å². The Bertz CT molecular complexity index is 415. The van der Waals surface area contributed by atoms with Crippen molar-refractivity contribution in [1.82, 2.24) is 0 Å². The van der Waals surface area contributed by atoms with Crippen molar-refractivity contribution in [3.05, 3.63) is 29.8 Å². The van der Waals surface area contributed by atoms with Crippen LogP contribution in [-0.4, -0.2) is 28.7 Å². The molecule has 1 unspecified atom stereocenters. The molecule has 0 bridgehead atoms. The molecule has 1 aromatic rings. The van der Waals surface area contributed by atoms with Crippen molar-refractivity contribution in [3.8, 4) is 5.75 Å². The summed E-state index contributed by atoms with van der Waals surface area (Å²) in [6.45, 7) is 0. The normalized spacial score (nSPS) is 17.9. The molecule has 1 aromatic carbocycles. The van der Waals surface area contributed by atoms with Crippen molar-refractivity contribution in [2.75, 3.05) is 11.5 Å². The highest BCUT2D eigenvalue weighted by atomic mass is 32.2. The lowest BCUT2D eigenvalue weighted by Crippen LogP contribution is -2.22. The third-order valence-corrected chi connectivity index (χ3v) is 4.22. The maximum absolute atomic E-state index is 10.6. The van der Waals surface area contributed by atoms with Gasteiger partial charge in [0.2, 0.25) is 0 Å². The molecule has 0 spiro atoms. The van der Waals surface area contributed by atoms with E-state index >= 15 is 0 Å². The summed E-state index contributed by atoms with van der Waals surface area (Å²) in [6.07, 6.45) is 2.43. The van der Waals surface area contributed by atoms with Crippen molar-refractivity contribution in [3.63, 3.8) is 0 Å². The molecule has 4 nitrogen and oxygen atoms in total. The van der Waals surface area contributed by atoms with Gasteiger partial charge >= 0.3 is 5.97 Å². The lowest BCUT2D eigenvalue weighted by Gasteiger charge is -2.23. The lowest BCUT2D eigenvalue weighted by atomic mass is 10.0. The summed E-state index contributed by atoms with van der Waals surface area (Å²) in [6, 6.07) is 6.98. The highest BCUT2D eigenvalue weighted by Crippen LogP contribution is 2.24. The van der Waals surface area contributed by atoms with Gasteiger partial charge in [0.1, 0.15) is 11.9 Å². The molecule has 0 radical (unpaired) electrons. The molecule has 0 saturated carbocycles. The first-order valence-corrected chi connectivity index (χ1v) is 7.62. The van der Waals surface area contributed by atoms with Gasteiger partial charge in [-0.15, -0.1) is 0 Å². The zero-order valence-electron chi connectivity index (χ0n) is 10.7. The Kier molecular flexibility index (Phi) is 5.10. The number of rotatable bonds is 5. The van der Waals surface area contributed by atoms with Gasteiger partial charge in [-0.2, -0.15) is 11.8 Å². The molecule has 1 aliphatic heterocycles. The first-order chi connectivity index (χ1) is 9.15. The Hall–Kier alpha value is -1.20. The third-order valence-electron chi connectivity index (χ3n) is 3.17. The van der Waals surface area contributed by atoms with Gasteiger partial charge in [0.25, 0.3) is 0 Å². The van der Waals surface area contributed by atoms with Crippen LogP contribution < -0.4 is 10.5 Å². The molecule has 3 N–H and O–H groups in total. The maximum Gasteiger partial charge on any atom is 0.305 e. The highest BCUT2D eigenvalue weighted by Gasteiger charge is 2.15. The second-order valence-corrected chi connectivity index (χ2v) is 5.93. The molecule has 1 aliphatic rings. The molecule has 1 fully saturated rings. The number of carboxylic acids is 1. The van der Waals surface area contributed by atoms with E-state index in [1.807, 2.05) is 36.0 Å². The number of benzene rings is 1. The fourth-order valence-corrected chi connectivity index (χ4v) is 3.15. The van der Waals surface area contributed by atoms with Crippen LogP contribution in [0.3, 0.4) is 0 Å². The predicted molar refractivity (Wildman–Crippen MR) is 76.6 cm³/mol. The van der Waals surface area contributed by atoms with E-state index in [2.05, 4.69) is 0 Å². The van der Waals surface area contributed by atoms with Gasteiger partial charge in [-0.25, -0.2) is 0 Å². The molecule has 0 aliphatic carbocycles. The van der Waals surface area contributed by atoms with Gasteiger partial charge in [-0.05, 0) is 42.0 Å². The molecule has 1 saturated heterocycles. The van der Waals surface area contributed by atoms with Crippen LogP contribution in [0.2, 0.25) is 0 Å². The Morgan fingerprint density at radius 2 is 2.00 bits per heavy atom. The quantitative estimate of drug-likeness (QED) is 0.867. The molecular formula is C14H19NO3S. The van der Waals surface area contributed by atoms with Crippen molar-refractivity contribution >= 4 is 17.7 Å². The summed E-state index contributed by atoms with van der Waals surface area (Å²) < 4.78 is 5.90. The van der Waals surface area contributed by atoms with Gasteiger partial charge in [0, 0.05) is 6.04 Å². The first-order valence-electron chi connectivity index (χ1n) is 6.47. The average Bonchev–Trinajstić information content (AvgIpc) is 2.40. The second kappa shape index (κ2) is 6.82. The number of nitrogens with two attached hydrogens (primary N) is 1. The van der Waals surface area contributed by atoms with Crippen molar-refractivity contribution < 1.29 is 14.6 Å². The van der Waals surface area contributed by atoms with Crippen LogP contribution in [0, 0.1) is 0 Å². The number of ether oxygens (including phenoxy) is 1. The van der Waals surface area contributed by atoms with Gasteiger partial charge in [-0.1, -0.05) is 12.1 Å². The molecule has 1 atom stereocenters. The topological polar surface area (TPSA) is 72.6 Å². The molecule has 19 heavy (non-hydrogen) atoms. The average molecular weight is 281 g/mol. The summed E-state index contributed by atoms with van der Waals surface area (Å²) in [5.74, 6) is 2.27. The standard InChI is InChI=1S/C14H19NO3S/c15-13(9-14(16)17)10-1-3-11(4-2-10)18-12-5-7-19-8-6-12/h1-4,12-13H,5-9,15H2,(H,16,17). The predicted octanol–water partition coefficient (Wildman–Crippen LogP) is 2.44. The largest absolute Gasteiger partial charge is 0.490 e. The zero-order valence-corrected chi connectivity index (χ0v) is 11.6. The Balaban J connectivity index is 1.92. The van der Waals surface area contributed by atoms with Crippen LogP contribution in [-0.2, 0) is 4.79 Å². The zero-order chi connectivity index (χ0) is 13.7. The van der Waals surface area contributed by atoms with Crippen LogP contribution >= 0.6 is 11.8 Å². The Morgan fingerprint density at radius 1 is 1.37 bits per heavy atom. The van der Waals surface area contributed by atoms with Crippen molar-refractivity contribution in [2.24, 2.45) is 5.73 Å². The first kappa shape index (κ1) is 14.2. The molecule has 104 valence electrons. The van der Waals surface area contributed by atoms with E-state index in [-0.39, 0.29) is 6.42 Å². The molecule has 5 heteroatoms. The summed E-state index contributed by atoms with van der Waals surface area (Å²) in [4.78, 5) is 10.6. The van der Waals surface area contributed by atoms with E-state index in [1.165, 1.54) is 0 Å². The van der Waals surface area contributed by atoms with Crippen LogP contribution in [0.1, 0.15) is 30.9 Å². The Labute approximate surface area is 117 Å². The van der Waals surface area contributed by atoms with E-state index in [9.17, 15) is 4.79 Å². The highest BCUT2D eigenvalue weighted by molar-refractivity contribution is 7.99. The molecule has 0 aromatic heterocycles. The van der Waals surface area contributed by atoms with Crippen LogP contribution in [0.5, 0.6) is 5.75 Å². The van der Waals surface area contributed by atoms with Crippen LogP contribution in [0.15, 0.2) is 24.3 Å². The van der Waals surface area contributed by atoms with Crippen LogP contribution in [0.25, 0.3) is 0 Å². The van der Waals surface area contributed by atoms with E-state index in [4.69, 9.17) is 15.6 Å². The fourth-order valence-electron chi connectivity index (χ4n) is 2.09. The van der Waals surface area contributed by atoms with Crippen molar-refractivity contribution in [1.29, 1.82) is 0 Å². The third kappa shape index (κ3) is 4.44. The smallest absolute Gasteiger partial charge is 0.305 e. The second-order valence-electron chi connectivity index (χ2n) is 4.70. The number of aliphatic carboxylic acids is 1. The number of thioether (sulfide) groups is 1. The summed E-state index contributed by atoms with van der Waals surface area (Å²) in [5, 5.41) is 8.71. The van der Waals surface area contributed by atoms with Gasteiger partial charge in [0.15, 0.2) is 0 Å². The lowest BCUT2D eigenvalue weighted by molar-refractivity contribution is -0.137. The minimum Gasteiger partial charge on any atom is -0.490 e. The SMILES string of the molecule is NC(CC(=O)O)c1ccc(OC2CCSCC2)cc1. The number of carbonyl (C=O) groups is 1. The van der Waals surface area contributed by atoms with E-state index in [0.717, 1.165) is 35.7 Å². The monoisotopic (exact) mass is 281 g/mol.